The monoisotopic (exact) mass is 172 g/mol. The lowest BCUT2D eigenvalue weighted by atomic mass is 10.4. The van der Waals surface area contributed by atoms with Crippen molar-refractivity contribution in [2.45, 2.75) is 4.90 Å². The predicted molar refractivity (Wildman–Crippen MR) is 37.5 cm³/mol. The van der Waals surface area contributed by atoms with Crippen LogP contribution in [-0.2, 0) is 15.2 Å². The second kappa shape index (κ2) is 3.00. The average Bonchev–Trinajstić information content (AvgIpc) is 2.06. The Morgan fingerprint density at radius 1 is 1.09 bits per heavy atom. The lowest BCUT2D eigenvalue weighted by Crippen LogP contribution is -2.17. The molecule has 0 heterocycles. The Hall–Kier alpha value is -0.910. The first-order valence-corrected chi connectivity index (χ1v) is 4.34. The molecule has 1 radical (unpaired) electrons. The van der Waals surface area contributed by atoms with E-state index in [1.807, 2.05) is 0 Å². The number of hydrogen-bond donors (Lipinski definition) is 1. The zero-order chi connectivity index (χ0) is 8.32. The van der Waals surface area contributed by atoms with Gasteiger partial charge in [-0.2, -0.15) is 0 Å². The van der Waals surface area contributed by atoms with E-state index in [-0.39, 0.29) is 4.90 Å². The van der Waals surface area contributed by atoms with Crippen molar-refractivity contribution in [2.24, 2.45) is 0 Å². The number of hydrogen-bond acceptors (Lipinski definition) is 2. The molecule has 59 valence electrons. The summed E-state index contributed by atoms with van der Waals surface area (Å²) in [6.45, 7) is 0. The standard InChI is InChI=1S/C6H6NO3S/c8-7-11(9,10)6-4-2-1-3-5-6/h1-5,7H. The minimum Gasteiger partial charge on any atom is -0.205 e. The van der Waals surface area contributed by atoms with Gasteiger partial charge in [0.15, 0.2) is 0 Å². The summed E-state index contributed by atoms with van der Waals surface area (Å²) in [5, 5.41) is 9.91. The van der Waals surface area contributed by atoms with E-state index in [4.69, 9.17) is 0 Å². The Labute approximate surface area is 64.5 Å². The maximum Gasteiger partial charge on any atom is 0.265 e. The van der Waals surface area contributed by atoms with Gasteiger partial charge < -0.3 is 0 Å². The highest BCUT2D eigenvalue weighted by Crippen LogP contribution is 2.05. The first-order valence-electron chi connectivity index (χ1n) is 2.86. The molecule has 0 aliphatic rings. The Morgan fingerprint density at radius 3 is 2.09 bits per heavy atom. The van der Waals surface area contributed by atoms with E-state index in [2.05, 4.69) is 0 Å². The van der Waals surface area contributed by atoms with Gasteiger partial charge in [-0.25, -0.2) is 8.42 Å². The van der Waals surface area contributed by atoms with Crippen molar-refractivity contribution in [3.8, 4) is 0 Å². The number of benzene rings is 1. The van der Waals surface area contributed by atoms with Crippen LogP contribution in [-0.4, -0.2) is 8.42 Å². The van der Waals surface area contributed by atoms with Crippen LogP contribution >= 0.6 is 0 Å². The van der Waals surface area contributed by atoms with E-state index in [0.29, 0.717) is 0 Å². The first-order chi connectivity index (χ1) is 5.17. The molecule has 0 amide bonds. The minimum absolute atomic E-state index is 0.0185. The van der Waals surface area contributed by atoms with E-state index in [9.17, 15) is 13.6 Å². The lowest BCUT2D eigenvalue weighted by molar-refractivity contribution is 0.142. The van der Waals surface area contributed by atoms with E-state index >= 15 is 0 Å². The molecule has 1 aromatic rings. The van der Waals surface area contributed by atoms with Crippen LogP contribution < -0.4 is 4.89 Å². The Bertz CT molecular complexity index is 319. The quantitative estimate of drug-likeness (QED) is 0.652. The summed E-state index contributed by atoms with van der Waals surface area (Å²) in [6, 6.07) is 7.46. The second-order valence-corrected chi connectivity index (χ2v) is 3.54. The SMILES string of the molecule is [O]NS(=O)(=O)c1ccccc1. The molecule has 1 aromatic carbocycles. The maximum absolute atomic E-state index is 10.8. The summed E-state index contributed by atoms with van der Waals surface area (Å²) in [4.78, 5) is 0.961. The molecule has 0 saturated heterocycles. The van der Waals surface area contributed by atoms with Crippen LogP contribution in [0.4, 0.5) is 0 Å². The van der Waals surface area contributed by atoms with Crippen LogP contribution in [0.15, 0.2) is 35.2 Å². The zero-order valence-corrected chi connectivity index (χ0v) is 6.34. The molecule has 1 N–H and O–H groups in total. The highest BCUT2D eigenvalue weighted by atomic mass is 32.2. The summed E-state index contributed by atoms with van der Waals surface area (Å²) < 4.78 is 21.6. The fourth-order valence-electron chi connectivity index (χ4n) is 0.648. The number of sulfonamides is 1. The van der Waals surface area contributed by atoms with E-state index < -0.39 is 10.0 Å². The summed E-state index contributed by atoms with van der Waals surface area (Å²) >= 11 is 0. The van der Waals surface area contributed by atoms with Gasteiger partial charge in [0, 0.05) is 0 Å². The molecule has 11 heavy (non-hydrogen) atoms. The molecule has 0 aromatic heterocycles. The molecule has 0 atom stereocenters. The molecule has 5 heteroatoms. The lowest BCUT2D eigenvalue weighted by Gasteiger charge is -1.96. The third-order valence-corrected chi connectivity index (χ3v) is 2.28. The van der Waals surface area contributed by atoms with Gasteiger partial charge in [-0.3, -0.25) is 0 Å². The molecule has 0 bridgehead atoms. The normalized spacial score (nSPS) is 11.4. The van der Waals surface area contributed by atoms with Crippen LogP contribution in [0.3, 0.4) is 0 Å². The second-order valence-electron chi connectivity index (χ2n) is 1.90. The van der Waals surface area contributed by atoms with Gasteiger partial charge in [0.1, 0.15) is 0 Å². The fourth-order valence-corrected chi connectivity index (χ4v) is 1.26. The Balaban J connectivity index is 3.14. The van der Waals surface area contributed by atoms with Crippen LogP contribution in [0, 0.1) is 0 Å². The minimum atomic E-state index is -3.80. The fraction of sp³-hybridized carbons (Fsp3) is 0. The van der Waals surface area contributed by atoms with Gasteiger partial charge >= 0.3 is 0 Å². The highest BCUT2D eigenvalue weighted by molar-refractivity contribution is 7.89. The van der Waals surface area contributed by atoms with Gasteiger partial charge in [0.25, 0.3) is 10.0 Å². The number of nitrogens with one attached hydrogen (secondary N) is 1. The molecule has 0 aliphatic heterocycles. The van der Waals surface area contributed by atoms with E-state index in [1.54, 1.807) is 18.2 Å². The van der Waals surface area contributed by atoms with Crippen molar-refractivity contribution in [1.82, 2.24) is 4.89 Å². The summed E-state index contributed by atoms with van der Waals surface area (Å²) in [6.07, 6.45) is 0. The van der Waals surface area contributed by atoms with Crippen molar-refractivity contribution in [2.75, 3.05) is 0 Å². The van der Waals surface area contributed by atoms with Crippen LogP contribution in [0.2, 0.25) is 0 Å². The molecule has 0 aliphatic carbocycles. The molecular formula is C6H6NO3S. The highest BCUT2D eigenvalue weighted by Gasteiger charge is 2.10. The molecule has 4 nitrogen and oxygen atoms in total. The summed E-state index contributed by atoms with van der Waals surface area (Å²) in [7, 11) is -3.80. The van der Waals surface area contributed by atoms with E-state index in [0.717, 1.165) is 4.89 Å². The molecular weight excluding hydrogens is 166 g/mol. The summed E-state index contributed by atoms with van der Waals surface area (Å²) in [5.41, 5.74) is 0. The molecule has 0 spiro atoms. The predicted octanol–water partition coefficient (Wildman–Crippen LogP) is 0.310. The van der Waals surface area contributed by atoms with E-state index in [1.165, 1.54) is 12.1 Å². The smallest absolute Gasteiger partial charge is 0.205 e. The van der Waals surface area contributed by atoms with Gasteiger partial charge in [-0.05, 0) is 12.1 Å². The van der Waals surface area contributed by atoms with Gasteiger partial charge in [0.2, 0.25) is 0 Å². The maximum atomic E-state index is 10.8. The van der Waals surface area contributed by atoms with Crippen molar-refractivity contribution >= 4 is 10.0 Å². The molecule has 1 rings (SSSR count). The molecule has 0 unspecified atom stereocenters. The largest absolute Gasteiger partial charge is 0.265 e. The zero-order valence-electron chi connectivity index (χ0n) is 5.52. The van der Waals surface area contributed by atoms with Gasteiger partial charge in [-0.1, -0.05) is 23.1 Å². The third kappa shape index (κ3) is 1.76. The Morgan fingerprint density at radius 2 is 1.64 bits per heavy atom. The van der Waals surface area contributed by atoms with Crippen LogP contribution in [0.5, 0.6) is 0 Å². The van der Waals surface area contributed by atoms with Crippen molar-refractivity contribution < 1.29 is 13.6 Å². The Kier molecular flexibility index (Phi) is 2.23. The van der Waals surface area contributed by atoms with Crippen LogP contribution in [0.1, 0.15) is 0 Å². The van der Waals surface area contributed by atoms with Crippen molar-refractivity contribution in [3.63, 3.8) is 0 Å². The molecule has 0 fully saturated rings. The van der Waals surface area contributed by atoms with Crippen molar-refractivity contribution in [1.29, 1.82) is 0 Å². The third-order valence-electron chi connectivity index (χ3n) is 1.16. The van der Waals surface area contributed by atoms with Crippen LogP contribution in [0.25, 0.3) is 0 Å². The number of rotatable bonds is 2. The van der Waals surface area contributed by atoms with Gasteiger partial charge in [0.05, 0.1) is 4.90 Å². The van der Waals surface area contributed by atoms with Gasteiger partial charge in [-0.15, -0.1) is 5.21 Å². The average molecular weight is 172 g/mol. The first kappa shape index (κ1) is 8.19. The van der Waals surface area contributed by atoms with Crippen molar-refractivity contribution in [3.05, 3.63) is 30.3 Å². The molecule has 0 saturated carbocycles. The summed E-state index contributed by atoms with van der Waals surface area (Å²) in [5.74, 6) is 0. The topological polar surface area (TPSA) is 66.1 Å².